The minimum Gasteiger partial charge on any atom is -0.383 e. The lowest BCUT2D eigenvalue weighted by molar-refractivity contribution is -0.127. The van der Waals surface area contributed by atoms with E-state index in [1.165, 1.54) is 0 Å². The number of hydrogen-bond donors (Lipinski definition) is 3. The topological polar surface area (TPSA) is 93.5 Å². The fourth-order valence-electron chi connectivity index (χ4n) is 1.21. The van der Waals surface area contributed by atoms with Gasteiger partial charge >= 0.3 is 0 Å². The van der Waals surface area contributed by atoms with E-state index in [9.17, 15) is 9.59 Å². The molecule has 2 atom stereocenters. The fraction of sp³-hybridized carbons (Fsp3) is 0.818. The maximum Gasteiger partial charge on any atom is 0.239 e. The molecule has 6 heteroatoms. The maximum atomic E-state index is 11.5. The van der Waals surface area contributed by atoms with Gasteiger partial charge in [0.2, 0.25) is 11.8 Å². The number of nitrogens with two attached hydrogens (primary N) is 1. The number of rotatable bonds is 7. The molecule has 0 spiro atoms. The summed E-state index contributed by atoms with van der Waals surface area (Å²) in [6, 6.07) is -0.664. The Morgan fingerprint density at radius 3 is 2.35 bits per heavy atom. The number of carbonyl (C=O) groups excluding carboxylic acids is 2. The molecule has 0 aromatic heterocycles. The maximum absolute atomic E-state index is 11.5. The van der Waals surface area contributed by atoms with Crippen molar-refractivity contribution in [2.24, 2.45) is 11.7 Å². The summed E-state index contributed by atoms with van der Waals surface area (Å²) < 4.78 is 4.88. The van der Waals surface area contributed by atoms with Gasteiger partial charge in [0, 0.05) is 13.2 Å². The first-order valence-electron chi connectivity index (χ1n) is 5.70. The first-order chi connectivity index (χ1) is 7.88. The van der Waals surface area contributed by atoms with Crippen molar-refractivity contribution >= 4 is 11.8 Å². The highest BCUT2D eigenvalue weighted by Crippen LogP contribution is 1.97. The summed E-state index contributed by atoms with van der Waals surface area (Å²) in [5, 5.41) is 5.18. The third-order valence-corrected chi connectivity index (χ3v) is 2.27. The Labute approximate surface area is 102 Å². The van der Waals surface area contributed by atoms with E-state index in [0.29, 0.717) is 6.61 Å². The fourth-order valence-corrected chi connectivity index (χ4v) is 1.21. The first kappa shape index (κ1) is 15.9. The largest absolute Gasteiger partial charge is 0.383 e. The Hall–Kier alpha value is -1.14. The highest BCUT2D eigenvalue weighted by atomic mass is 16.5. The van der Waals surface area contributed by atoms with E-state index >= 15 is 0 Å². The van der Waals surface area contributed by atoms with Crippen molar-refractivity contribution in [3.63, 3.8) is 0 Å². The quantitative estimate of drug-likeness (QED) is 0.549. The number of hydrogen-bond acceptors (Lipinski definition) is 4. The molecule has 0 radical (unpaired) electrons. The molecule has 0 aromatic carbocycles. The molecule has 0 bridgehead atoms. The summed E-state index contributed by atoms with van der Waals surface area (Å²) >= 11 is 0. The molecule has 0 heterocycles. The van der Waals surface area contributed by atoms with E-state index in [1.54, 1.807) is 7.11 Å². The van der Waals surface area contributed by atoms with Crippen LogP contribution >= 0.6 is 0 Å². The Bertz CT molecular complexity index is 256. The second kappa shape index (κ2) is 8.03. The highest BCUT2D eigenvalue weighted by molar-refractivity contribution is 5.87. The molecule has 0 rings (SSSR count). The van der Waals surface area contributed by atoms with Crippen molar-refractivity contribution in [3.8, 4) is 0 Å². The summed E-state index contributed by atoms with van der Waals surface area (Å²) in [6.07, 6.45) is 0. The molecule has 1 unspecified atom stereocenters. The van der Waals surface area contributed by atoms with Crippen LogP contribution < -0.4 is 16.4 Å². The zero-order valence-corrected chi connectivity index (χ0v) is 10.9. The van der Waals surface area contributed by atoms with Crippen LogP contribution in [0.2, 0.25) is 0 Å². The van der Waals surface area contributed by atoms with Crippen LogP contribution in [0.25, 0.3) is 0 Å². The number of methoxy groups -OCH3 is 1. The van der Waals surface area contributed by atoms with E-state index < -0.39 is 6.04 Å². The molecule has 2 amide bonds. The molecule has 0 fully saturated rings. The van der Waals surface area contributed by atoms with Crippen LogP contribution in [0.3, 0.4) is 0 Å². The monoisotopic (exact) mass is 245 g/mol. The summed E-state index contributed by atoms with van der Waals surface area (Å²) in [4.78, 5) is 22.9. The van der Waals surface area contributed by atoms with Gasteiger partial charge in [-0.3, -0.25) is 9.59 Å². The molecule has 0 saturated heterocycles. The van der Waals surface area contributed by atoms with Crippen LogP contribution in [0.15, 0.2) is 0 Å². The molecule has 6 nitrogen and oxygen atoms in total. The normalized spacial score (nSPS) is 14.2. The molecular weight excluding hydrogens is 222 g/mol. The summed E-state index contributed by atoms with van der Waals surface area (Å²) in [5.74, 6) is -0.515. The molecule has 4 N–H and O–H groups in total. The number of amides is 2. The standard InChI is InChI=1S/C11H23N3O3/c1-7(2)10(12)11(16)13-5-9(15)14-8(3)6-17-4/h7-8,10H,5-6,12H2,1-4H3,(H,13,16)(H,14,15)/t8?,10-/m0/s1. The Balaban J connectivity index is 3.88. The van der Waals surface area contributed by atoms with E-state index in [0.717, 1.165) is 0 Å². The van der Waals surface area contributed by atoms with Crippen LogP contribution in [0.1, 0.15) is 20.8 Å². The second-order valence-corrected chi connectivity index (χ2v) is 4.41. The van der Waals surface area contributed by atoms with E-state index in [2.05, 4.69) is 10.6 Å². The van der Waals surface area contributed by atoms with Gasteiger partial charge < -0.3 is 21.1 Å². The Morgan fingerprint density at radius 1 is 1.29 bits per heavy atom. The van der Waals surface area contributed by atoms with Crippen molar-refractivity contribution < 1.29 is 14.3 Å². The predicted molar refractivity (Wildman–Crippen MR) is 65.3 cm³/mol. The van der Waals surface area contributed by atoms with Gasteiger partial charge in [0.15, 0.2) is 0 Å². The summed E-state index contributed by atoms with van der Waals surface area (Å²) in [6.45, 7) is 5.90. The Kier molecular flexibility index (Phi) is 7.49. The van der Waals surface area contributed by atoms with Gasteiger partial charge in [-0.05, 0) is 12.8 Å². The zero-order valence-electron chi connectivity index (χ0n) is 10.9. The number of ether oxygens (including phenoxy) is 1. The lowest BCUT2D eigenvalue weighted by Crippen LogP contribution is -2.48. The van der Waals surface area contributed by atoms with Gasteiger partial charge in [-0.1, -0.05) is 13.8 Å². The van der Waals surface area contributed by atoms with Crippen LogP contribution in [-0.2, 0) is 14.3 Å². The molecule has 0 aromatic rings. The first-order valence-corrected chi connectivity index (χ1v) is 5.70. The van der Waals surface area contributed by atoms with Crippen molar-refractivity contribution in [2.45, 2.75) is 32.9 Å². The lowest BCUT2D eigenvalue weighted by atomic mass is 10.1. The van der Waals surface area contributed by atoms with E-state index in [4.69, 9.17) is 10.5 Å². The molecule has 0 aliphatic rings. The average molecular weight is 245 g/mol. The smallest absolute Gasteiger partial charge is 0.239 e. The molecule has 0 aliphatic heterocycles. The molecule has 0 saturated carbocycles. The van der Waals surface area contributed by atoms with Gasteiger partial charge in [-0.15, -0.1) is 0 Å². The van der Waals surface area contributed by atoms with Gasteiger partial charge in [0.1, 0.15) is 0 Å². The highest BCUT2D eigenvalue weighted by Gasteiger charge is 2.17. The van der Waals surface area contributed by atoms with Gasteiger partial charge in [-0.25, -0.2) is 0 Å². The zero-order chi connectivity index (χ0) is 13.4. The van der Waals surface area contributed by atoms with Gasteiger partial charge in [0.05, 0.1) is 19.2 Å². The second-order valence-electron chi connectivity index (χ2n) is 4.41. The van der Waals surface area contributed by atoms with Crippen LogP contribution in [0.4, 0.5) is 0 Å². The number of carbonyl (C=O) groups is 2. The molecule has 0 aliphatic carbocycles. The minimum absolute atomic E-state index is 0.0467. The third kappa shape index (κ3) is 6.91. The van der Waals surface area contributed by atoms with Crippen LogP contribution in [0, 0.1) is 5.92 Å². The van der Waals surface area contributed by atoms with E-state index in [1.807, 2.05) is 20.8 Å². The van der Waals surface area contributed by atoms with Gasteiger partial charge in [0.25, 0.3) is 0 Å². The Morgan fingerprint density at radius 2 is 1.88 bits per heavy atom. The van der Waals surface area contributed by atoms with Crippen LogP contribution in [-0.4, -0.2) is 44.2 Å². The molecular formula is C11H23N3O3. The van der Waals surface area contributed by atoms with E-state index in [-0.39, 0.29) is 30.3 Å². The average Bonchev–Trinajstić information content (AvgIpc) is 2.24. The predicted octanol–water partition coefficient (Wildman–Crippen LogP) is -0.763. The number of nitrogens with one attached hydrogen (secondary N) is 2. The van der Waals surface area contributed by atoms with Crippen molar-refractivity contribution in [1.29, 1.82) is 0 Å². The van der Waals surface area contributed by atoms with Crippen LogP contribution in [0.5, 0.6) is 0 Å². The van der Waals surface area contributed by atoms with Crippen molar-refractivity contribution in [3.05, 3.63) is 0 Å². The summed E-state index contributed by atoms with van der Waals surface area (Å²) in [7, 11) is 1.56. The molecule has 17 heavy (non-hydrogen) atoms. The molecule has 100 valence electrons. The van der Waals surface area contributed by atoms with Crippen molar-refractivity contribution in [2.75, 3.05) is 20.3 Å². The van der Waals surface area contributed by atoms with Gasteiger partial charge in [-0.2, -0.15) is 0 Å². The summed E-state index contributed by atoms with van der Waals surface area (Å²) in [5.41, 5.74) is 5.63. The third-order valence-electron chi connectivity index (χ3n) is 2.27. The minimum atomic E-state index is -0.584. The lowest BCUT2D eigenvalue weighted by Gasteiger charge is -2.16. The SMILES string of the molecule is COCC(C)NC(=O)CNC(=O)[C@@H](N)C(C)C. The van der Waals surface area contributed by atoms with Crippen molar-refractivity contribution in [1.82, 2.24) is 10.6 Å².